The smallest absolute Gasteiger partial charge is 0.287 e. The Hall–Kier alpha value is -1.72. The van der Waals surface area contributed by atoms with E-state index >= 15 is 0 Å². The first-order chi connectivity index (χ1) is 9.72. The van der Waals surface area contributed by atoms with E-state index < -0.39 is 0 Å². The fraction of sp³-hybridized carbons (Fsp3) is 0.267. The summed E-state index contributed by atoms with van der Waals surface area (Å²) in [5, 5.41) is 11.8. The van der Waals surface area contributed by atoms with Gasteiger partial charge in [-0.05, 0) is 29.5 Å². The number of thioether (sulfide) groups is 1. The molecule has 0 aliphatic heterocycles. The Morgan fingerprint density at radius 1 is 1.20 bits per heavy atom. The van der Waals surface area contributed by atoms with E-state index in [1.807, 2.05) is 36.6 Å². The number of benzene rings is 1. The van der Waals surface area contributed by atoms with Crippen molar-refractivity contribution in [2.45, 2.75) is 18.9 Å². The van der Waals surface area contributed by atoms with Crippen LogP contribution in [0.2, 0.25) is 0 Å². The van der Waals surface area contributed by atoms with Crippen LogP contribution in [0.1, 0.15) is 27.4 Å². The summed E-state index contributed by atoms with van der Waals surface area (Å²) in [5.41, 5.74) is 1.83. The van der Waals surface area contributed by atoms with E-state index in [0.717, 1.165) is 22.6 Å². The molecule has 2 aromatic rings. The molecule has 0 aliphatic carbocycles. The molecule has 0 bridgehead atoms. The van der Waals surface area contributed by atoms with Gasteiger partial charge in [-0.3, -0.25) is 4.79 Å². The zero-order valence-electron chi connectivity index (χ0n) is 11.3. The molecule has 0 saturated carbocycles. The second kappa shape index (κ2) is 7.17. The molecule has 0 radical (unpaired) electrons. The van der Waals surface area contributed by atoms with Crippen molar-refractivity contribution in [2.24, 2.45) is 0 Å². The van der Waals surface area contributed by atoms with Gasteiger partial charge in [0.25, 0.3) is 5.91 Å². The van der Waals surface area contributed by atoms with Gasteiger partial charge in [-0.2, -0.15) is 11.8 Å². The molecule has 1 heterocycles. The second-order valence-electron chi connectivity index (χ2n) is 4.36. The monoisotopic (exact) mass is 291 g/mol. The minimum Gasteiger partial charge on any atom is -0.455 e. The van der Waals surface area contributed by atoms with Crippen molar-refractivity contribution in [3.05, 3.63) is 59.0 Å². The van der Waals surface area contributed by atoms with Crippen LogP contribution in [-0.4, -0.2) is 17.3 Å². The molecule has 4 nitrogen and oxygen atoms in total. The lowest BCUT2D eigenvalue weighted by Gasteiger charge is -2.04. The number of furan rings is 1. The molecule has 2 N–H and O–H groups in total. The van der Waals surface area contributed by atoms with Gasteiger partial charge in [0.15, 0.2) is 5.76 Å². The van der Waals surface area contributed by atoms with Gasteiger partial charge in [0.2, 0.25) is 0 Å². The zero-order chi connectivity index (χ0) is 14.4. The molecule has 0 aliphatic rings. The standard InChI is InChI=1S/C15H17NO3S/c1-20-10-13-6-7-14(19-13)15(18)16-8-11-2-4-12(9-17)5-3-11/h2-7,17H,8-10H2,1H3,(H,16,18). The molecule has 1 aromatic carbocycles. The number of nitrogens with one attached hydrogen (secondary N) is 1. The van der Waals surface area contributed by atoms with E-state index in [1.165, 1.54) is 0 Å². The first kappa shape index (κ1) is 14.7. The molecule has 0 atom stereocenters. The summed E-state index contributed by atoms with van der Waals surface area (Å²) >= 11 is 1.65. The fourth-order valence-corrected chi connectivity index (χ4v) is 2.19. The van der Waals surface area contributed by atoms with Crippen molar-refractivity contribution in [1.82, 2.24) is 5.32 Å². The SMILES string of the molecule is CSCc1ccc(C(=O)NCc2ccc(CO)cc2)o1. The van der Waals surface area contributed by atoms with Crippen molar-refractivity contribution in [3.63, 3.8) is 0 Å². The largest absolute Gasteiger partial charge is 0.455 e. The van der Waals surface area contributed by atoms with E-state index in [9.17, 15) is 4.79 Å². The van der Waals surface area contributed by atoms with Crippen molar-refractivity contribution in [2.75, 3.05) is 6.26 Å². The quantitative estimate of drug-likeness (QED) is 0.858. The van der Waals surface area contributed by atoms with Crippen LogP contribution in [0, 0.1) is 0 Å². The predicted octanol–water partition coefficient (Wildman–Crippen LogP) is 2.56. The van der Waals surface area contributed by atoms with Crippen LogP contribution in [0.4, 0.5) is 0 Å². The van der Waals surface area contributed by atoms with E-state index in [1.54, 1.807) is 17.8 Å². The van der Waals surface area contributed by atoms with Gasteiger partial charge in [0.1, 0.15) is 5.76 Å². The molecule has 0 unspecified atom stereocenters. The minimum absolute atomic E-state index is 0.0251. The minimum atomic E-state index is -0.219. The summed E-state index contributed by atoms with van der Waals surface area (Å²) in [6.45, 7) is 0.459. The van der Waals surface area contributed by atoms with E-state index in [2.05, 4.69) is 5.32 Å². The molecule has 0 fully saturated rings. The van der Waals surface area contributed by atoms with Crippen LogP contribution >= 0.6 is 11.8 Å². The molecular weight excluding hydrogens is 274 g/mol. The molecule has 106 valence electrons. The Morgan fingerprint density at radius 2 is 1.90 bits per heavy atom. The number of carbonyl (C=O) groups is 1. The highest BCUT2D eigenvalue weighted by Crippen LogP contribution is 2.13. The van der Waals surface area contributed by atoms with Gasteiger partial charge in [-0.1, -0.05) is 24.3 Å². The molecular formula is C15H17NO3S. The van der Waals surface area contributed by atoms with Gasteiger partial charge < -0.3 is 14.8 Å². The summed E-state index contributed by atoms with van der Waals surface area (Å²) in [4.78, 5) is 11.9. The lowest BCUT2D eigenvalue weighted by atomic mass is 10.1. The summed E-state index contributed by atoms with van der Waals surface area (Å²) < 4.78 is 5.44. The highest BCUT2D eigenvalue weighted by Gasteiger charge is 2.10. The first-order valence-electron chi connectivity index (χ1n) is 6.27. The van der Waals surface area contributed by atoms with Crippen molar-refractivity contribution >= 4 is 17.7 Å². The first-order valence-corrected chi connectivity index (χ1v) is 7.67. The average Bonchev–Trinajstić information content (AvgIpc) is 2.94. The summed E-state index contributed by atoms with van der Waals surface area (Å²) in [5.74, 6) is 1.68. The molecule has 5 heteroatoms. The topological polar surface area (TPSA) is 62.5 Å². The molecule has 20 heavy (non-hydrogen) atoms. The zero-order valence-corrected chi connectivity index (χ0v) is 12.1. The third-order valence-corrected chi connectivity index (χ3v) is 3.40. The van der Waals surface area contributed by atoms with Gasteiger partial charge in [-0.25, -0.2) is 0 Å². The second-order valence-corrected chi connectivity index (χ2v) is 5.22. The number of hydrogen-bond donors (Lipinski definition) is 2. The van der Waals surface area contributed by atoms with Crippen molar-refractivity contribution in [1.29, 1.82) is 0 Å². The lowest BCUT2D eigenvalue weighted by molar-refractivity contribution is 0.0921. The maximum absolute atomic E-state index is 11.9. The summed E-state index contributed by atoms with van der Waals surface area (Å²) in [7, 11) is 0. The summed E-state index contributed by atoms with van der Waals surface area (Å²) in [6, 6.07) is 11.0. The average molecular weight is 291 g/mol. The van der Waals surface area contributed by atoms with Crippen LogP contribution in [0.25, 0.3) is 0 Å². The molecule has 2 rings (SSSR count). The number of hydrogen-bond acceptors (Lipinski definition) is 4. The summed E-state index contributed by atoms with van der Waals surface area (Å²) in [6.07, 6.45) is 1.98. The third kappa shape index (κ3) is 3.88. The number of amides is 1. The van der Waals surface area contributed by atoms with E-state index in [-0.39, 0.29) is 12.5 Å². The Balaban J connectivity index is 1.90. The Morgan fingerprint density at radius 3 is 2.55 bits per heavy atom. The van der Waals surface area contributed by atoms with Gasteiger partial charge in [-0.15, -0.1) is 0 Å². The molecule has 0 spiro atoms. The highest BCUT2D eigenvalue weighted by molar-refractivity contribution is 7.97. The van der Waals surface area contributed by atoms with Crippen molar-refractivity contribution in [3.8, 4) is 0 Å². The van der Waals surface area contributed by atoms with Gasteiger partial charge in [0.05, 0.1) is 12.4 Å². The van der Waals surface area contributed by atoms with E-state index in [4.69, 9.17) is 9.52 Å². The molecule has 1 amide bonds. The molecule has 0 saturated heterocycles. The van der Waals surface area contributed by atoms with Crippen LogP contribution < -0.4 is 5.32 Å². The van der Waals surface area contributed by atoms with Crippen LogP contribution in [0.5, 0.6) is 0 Å². The molecule has 1 aromatic heterocycles. The number of aliphatic hydroxyl groups is 1. The van der Waals surface area contributed by atoms with Crippen molar-refractivity contribution < 1.29 is 14.3 Å². The number of aliphatic hydroxyl groups excluding tert-OH is 1. The normalized spacial score (nSPS) is 10.5. The third-order valence-electron chi connectivity index (χ3n) is 2.83. The van der Waals surface area contributed by atoms with Gasteiger partial charge >= 0.3 is 0 Å². The van der Waals surface area contributed by atoms with Crippen LogP contribution in [-0.2, 0) is 18.9 Å². The van der Waals surface area contributed by atoms with Crippen LogP contribution in [0.15, 0.2) is 40.8 Å². The highest BCUT2D eigenvalue weighted by atomic mass is 32.2. The van der Waals surface area contributed by atoms with Crippen LogP contribution in [0.3, 0.4) is 0 Å². The fourth-order valence-electron chi connectivity index (χ4n) is 1.75. The Labute approximate surface area is 122 Å². The number of rotatable bonds is 6. The van der Waals surface area contributed by atoms with E-state index in [0.29, 0.717) is 12.3 Å². The maximum Gasteiger partial charge on any atom is 0.287 e. The van der Waals surface area contributed by atoms with Gasteiger partial charge in [0, 0.05) is 6.54 Å². The maximum atomic E-state index is 11.9. The lowest BCUT2D eigenvalue weighted by Crippen LogP contribution is -2.22. The Kier molecular flexibility index (Phi) is 5.26. The number of carbonyl (C=O) groups excluding carboxylic acids is 1. The Bertz CT molecular complexity index is 563. The predicted molar refractivity (Wildman–Crippen MR) is 79.5 cm³/mol.